The first-order valence-corrected chi connectivity index (χ1v) is 8.03. The second-order valence-electron chi connectivity index (χ2n) is 5.59. The summed E-state index contributed by atoms with van der Waals surface area (Å²) in [7, 11) is 0. The van der Waals surface area contributed by atoms with Crippen LogP contribution in [0.1, 0.15) is 32.3 Å². The summed E-state index contributed by atoms with van der Waals surface area (Å²) in [5.74, 6) is -3.28. The Balaban J connectivity index is 2.42. The third-order valence-electron chi connectivity index (χ3n) is 3.97. The Morgan fingerprint density at radius 1 is 1.36 bits per heavy atom. The molecule has 25 heavy (non-hydrogen) atoms. The van der Waals surface area contributed by atoms with Crippen molar-refractivity contribution in [3.05, 3.63) is 59.2 Å². The van der Waals surface area contributed by atoms with E-state index in [1.807, 2.05) is 6.92 Å². The summed E-state index contributed by atoms with van der Waals surface area (Å²) in [5, 5.41) is 4.75. The molecule has 4 nitrogen and oxygen atoms in total. The van der Waals surface area contributed by atoms with E-state index in [1.165, 1.54) is 6.07 Å². The monoisotopic (exact) mass is 346 g/mol. The molecule has 0 saturated heterocycles. The lowest BCUT2D eigenvalue weighted by molar-refractivity contribution is -0.116. The molecule has 1 aliphatic heterocycles. The van der Waals surface area contributed by atoms with Crippen LogP contribution in [0.2, 0.25) is 0 Å². The number of fused-ring (bicyclic) bond motifs is 1. The first-order chi connectivity index (χ1) is 11.9. The lowest BCUT2D eigenvalue weighted by Gasteiger charge is -2.20. The normalized spacial score (nSPS) is 14.6. The van der Waals surface area contributed by atoms with Crippen molar-refractivity contribution in [1.29, 1.82) is 0 Å². The molecule has 0 unspecified atom stereocenters. The first kappa shape index (κ1) is 18.6. The fraction of sp³-hybridized carbons (Fsp3) is 0.263. The number of rotatable bonds is 5. The molecule has 0 radical (unpaired) electrons. The summed E-state index contributed by atoms with van der Waals surface area (Å²) in [4.78, 5) is 23.9. The van der Waals surface area contributed by atoms with E-state index in [-0.39, 0.29) is 30.1 Å². The highest BCUT2D eigenvalue weighted by Gasteiger charge is 2.25. The Morgan fingerprint density at radius 2 is 2.08 bits per heavy atom. The van der Waals surface area contributed by atoms with Gasteiger partial charge < -0.3 is 10.6 Å². The van der Waals surface area contributed by atoms with E-state index in [9.17, 15) is 18.4 Å². The summed E-state index contributed by atoms with van der Waals surface area (Å²) >= 11 is 0. The molecule has 2 N–H and O–H groups in total. The van der Waals surface area contributed by atoms with E-state index in [2.05, 4.69) is 17.2 Å². The zero-order valence-corrected chi connectivity index (χ0v) is 14.2. The van der Waals surface area contributed by atoms with Crippen LogP contribution in [0.5, 0.6) is 0 Å². The third kappa shape index (κ3) is 3.84. The number of nitrogens with one attached hydrogen (secondary N) is 2. The molecule has 0 spiro atoms. The molecule has 2 amide bonds. The van der Waals surface area contributed by atoms with Gasteiger partial charge in [0, 0.05) is 12.0 Å². The van der Waals surface area contributed by atoms with Crippen LogP contribution in [0.25, 0.3) is 0 Å². The van der Waals surface area contributed by atoms with E-state index >= 15 is 0 Å². The molecule has 0 fully saturated rings. The summed E-state index contributed by atoms with van der Waals surface area (Å²) in [6, 6.07) is 1.36. The molecule has 1 aromatic carbocycles. The smallest absolute Gasteiger partial charge is 0.256 e. The lowest BCUT2D eigenvalue weighted by atomic mass is 10.0. The van der Waals surface area contributed by atoms with Crippen molar-refractivity contribution in [2.24, 2.45) is 0 Å². The number of aryl methyl sites for hydroxylation is 1. The molecule has 6 heteroatoms. The zero-order chi connectivity index (χ0) is 18.6. The molecule has 0 saturated carbocycles. The summed E-state index contributed by atoms with van der Waals surface area (Å²) in [6.07, 6.45) is 5.89. The largest absolute Gasteiger partial charge is 0.323 e. The van der Waals surface area contributed by atoms with E-state index in [0.717, 1.165) is 0 Å². The minimum absolute atomic E-state index is 0.156. The summed E-state index contributed by atoms with van der Waals surface area (Å²) in [6.45, 7) is 7.30. The molecule has 2 rings (SSSR count). The van der Waals surface area contributed by atoms with Crippen LogP contribution in [0, 0.1) is 11.6 Å². The molecule has 1 heterocycles. The highest BCUT2D eigenvalue weighted by molar-refractivity contribution is 6.07. The van der Waals surface area contributed by atoms with E-state index in [0.29, 0.717) is 23.1 Å². The SMILES string of the molecule is C=C/C(CC)=C(\C=C/C)C(=O)Nc1cc2c(c(F)c1F)NC(=O)CC2. The van der Waals surface area contributed by atoms with Gasteiger partial charge in [-0.2, -0.15) is 0 Å². The molecule has 132 valence electrons. The predicted octanol–water partition coefficient (Wildman–Crippen LogP) is 4.26. The van der Waals surface area contributed by atoms with E-state index < -0.39 is 17.5 Å². The minimum Gasteiger partial charge on any atom is -0.323 e. The average molecular weight is 346 g/mol. The lowest BCUT2D eigenvalue weighted by Crippen LogP contribution is -2.22. The highest BCUT2D eigenvalue weighted by Crippen LogP contribution is 2.32. The van der Waals surface area contributed by atoms with Crippen molar-refractivity contribution in [3.63, 3.8) is 0 Å². The Morgan fingerprint density at radius 3 is 2.68 bits per heavy atom. The topological polar surface area (TPSA) is 58.2 Å². The number of amides is 2. The second-order valence-corrected chi connectivity index (χ2v) is 5.59. The first-order valence-electron chi connectivity index (χ1n) is 8.03. The summed E-state index contributed by atoms with van der Waals surface area (Å²) in [5.41, 5.74) is 1.08. The molecule has 0 aliphatic carbocycles. The standard InChI is InChI=1S/C19H20F2N2O2/c1-4-7-13(11(5-2)6-3)19(25)22-14-10-12-8-9-15(24)23-18(12)17(21)16(14)20/h4-5,7,10H,2,6,8-9H2,1,3H3,(H,22,25)(H,23,24)/b7-4-,13-11-. The Hall–Kier alpha value is -2.76. The van der Waals surface area contributed by atoms with Crippen molar-refractivity contribution in [2.75, 3.05) is 10.6 Å². The third-order valence-corrected chi connectivity index (χ3v) is 3.97. The molecule has 1 aliphatic rings. The molecule has 0 bridgehead atoms. The molecular weight excluding hydrogens is 326 g/mol. The van der Waals surface area contributed by atoms with Crippen molar-refractivity contribution < 1.29 is 18.4 Å². The van der Waals surface area contributed by atoms with Crippen molar-refractivity contribution in [1.82, 2.24) is 0 Å². The van der Waals surface area contributed by atoms with Crippen LogP contribution >= 0.6 is 0 Å². The van der Waals surface area contributed by atoms with Gasteiger partial charge in [-0.15, -0.1) is 0 Å². The molecular formula is C19H20F2N2O2. The minimum atomic E-state index is -1.20. The maximum Gasteiger partial charge on any atom is 0.256 e. The molecule has 0 atom stereocenters. The zero-order valence-electron chi connectivity index (χ0n) is 14.2. The van der Waals surface area contributed by atoms with Crippen LogP contribution in [-0.2, 0) is 16.0 Å². The van der Waals surface area contributed by atoms with Gasteiger partial charge in [-0.05, 0) is 37.0 Å². The van der Waals surface area contributed by atoms with Gasteiger partial charge in [-0.1, -0.05) is 31.7 Å². The number of benzene rings is 1. The Labute approximate surface area is 145 Å². The van der Waals surface area contributed by atoms with Gasteiger partial charge in [0.2, 0.25) is 5.91 Å². The number of anilines is 2. The number of allylic oxidation sites excluding steroid dienone is 3. The number of halogens is 2. The predicted molar refractivity (Wildman–Crippen MR) is 94.3 cm³/mol. The van der Waals surface area contributed by atoms with Gasteiger partial charge in [0.25, 0.3) is 5.91 Å². The highest BCUT2D eigenvalue weighted by atomic mass is 19.2. The average Bonchev–Trinajstić information content (AvgIpc) is 2.60. The Kier molecular flexibility index (Phi) is 5.85. The van der Waals surface area contributed by atoms with Crippen LogP contribution in [0.15, 0.2) is 42.0 Å². The van der Waals surface area contributed by atoms with Crippen LogP contribution in [0.4, 0.5) is 20.2 Å². The number of hydrogen-bond acceptors (Lipinski definition) is 2. The van der Waals surface area contributed by atoms with Crippen LogP contribution in [-0.4, -0.2) is 11.8 Å². The van der Waals surface area contributed by atoms with Gasteiger partial charge in [0.05, 0.1) is 11.4 Å². The van der Waals surface area contributed by atoms with Gasteiger partial charge >= 0.3 is 0 Å². The van der Waals surface area contributed by atoms with Gasteiger partial charge in [0.1, 0.15) is 0 Å². The van der Waals surface area contributed by atoms with Crippen molar-refractivity contribution >= 4 is 23.2 Å². The van der Waals surface area contributed by atoms with Gasteiger partial charge in [-0.3, -0.25) is 9.59 Å². The van der Waals surface area contributed by atoms with Crippen molar-refractivity contribution in [2.45, 2.75) is 33.1 Å². The van der Waals surface area contributed by atoms with E-state index in [1.54, 1.807) is 25.2 Å². The Bertz CT molecular complexity index is 795. The maximum absolute atomic E-state index is 14.3. The quantitative estimate of drug-likeness (QED) is 0.618. The fourth-order valence-electron chi connectivity index (χ4n) is 2.68. The van der Waals surface area contributed by atoms with E-state index in [4.69, 9.17) is 0 Å². The maximum atomic E-state index is 14.3. The summed E-state index contributed by atoms with van der Waals surface area (Å²) < 4.78 is 28.5. The van der Waals surface area contributed by atoms with Crippen LogP contribution in [0.3, 0.4) is 0 Å². The van der Waals surface area contributed by atoms with Crippen LogP contribution < -0.4 is 10.6 Å². The van der Waals surface area contributed by atoms with Gasteiger partial charge in [-0.25, -0.2) is 8.78 Å². The number of hydrogen-bond donors (Lipinski definition) is 2. The van der Waals surface area contributed by atoms with Crippen molar-refractivity contribution in [3.8, 4) is 0 Å². The van der Waals surface area contributed by atoms with Gasteiger partial charge in [0.15, 0.2) is 11.6 Å². The molecule has 1 aromatic rings. The number of carbonyl (C=O) groups is 2. The second kappa shape index (κ2) is 7.88. The molecule has 0 aromatic heterocycles. The fourth-order valence-corrected chi connectivity index (χ4v) is 2.68. The number of carbonyl (C=O) groups excluding carboxylic acids is 2.